The summed E-state index contributed by atoms with van der Waals surface area (Å²) in [4.78, 5) is 0.851. The standard InChI is InChI=1S/C16H12F3NS/c1-20-16(12-5-4-10(17)7-13(12)19)15-6-9-2-3-11(18)8-14(9)21-15/h2-8,16,20H,1H3. The highest BCUT2D eigenvalue weighted by atomic mass is 32.1. The predicted molar refractivity (Wildman–Crippen MR) is 79.0 cm³/mol. The Balaban J connectivity index is 2.09. The lowest BCUT2D eigenvalue weighted by Gasteiger charge is -2.15. The van der Waals surface area contributed by atoms with Gasteiger partial charge in [-0.1, -0.05) is 12.1 Å². The van der Waals surface area contributed by atoms with Gasteiger partial charge < -0.3 is 5.32 Å². The van der Waals surface area contributed by atoms with Crippen LogP contribution in [0, 0.1) is 17.5 Å². The highest BCUT2D eigenvalue weighted by molar-refractivity contribution is 7.19. The monoisotopic (exact) mass is 307 g/mol. The lowest BCUT2D eigenvalue weighted by atomic mass is 10.0. The van der Waals surface area contributed by atoms with Crippen molar-refractivity contribution in [3.8, 4) is 0 Å². The third-order valence-electron chi connectivity index (χ3n) is 3.35. The molecule has 0 radical (unpaired) electrons. The first-order valence-electron chi connectivity index (χ1n) is 6.39. The lowest BCUT2D eigenvalue weighted by molar-refractivity contribution is 0.554. The molecule has 0 aliphatic heterocycles. The first kappa shape index (κ1) is 14.1. The molecule has 0 saturated carbocycles. The van der Waals surface area contributed by atoms with Gasteiger partial charge in [0.25, 0.3) is 0 Å². The van der Waals surface area contributed by atoms with Crippen LogP contribution in [0.15, 0.2) is 42.5 Å². The van der Waals surface area contributed by atoms with Crippen LogP contribution in [0.4, 0.5) is 13.2 Å². The summed E-state index contributed by atoms with van der Waals surface area (Å²) in [6.45, 7) is 0. The summed E-state index contributed by atoms with van der Waals surface area (Å²) in [6, 6.07) is 9.57. The molecule has 1 aromatic heterocycles. The van der Waals surface area contributed by atoms with E-state index in [0.29, 0.717) is 5.56 Å². The van der Waals surface area contributed by atoms with Gasteiger partial charge in [-0.25, -0.2) is 13.2 Å². The van der Waals surface area contributed by atoms with Gasteiger partial charge in [0.2, 0.25) is 0 Å². The normalized spacial score (nSPS) is 12.8. The van der Waals surface area contributed by atoms with Gasteiger partial charge in [0.05, 0.1) is 6.04 Å². The van der Waals surface area contributed by atoms with Crippen molar-refractivity contribution in [3.05, 3.63) is 70.4 Å². The Morgan fingerprint density at radius 3 is 2.38 bits per heavy atom. The number of nitrogens with one attached hydrogen (secondary N) is 1. The van der Waals surface area contributed by atoms with Gasteiger partial charge in [-0.15, -0.1) is 11.3 Å². The summed E-state index contributed by atoms with van der Waals surface area (Å²) < 4.78 is 41.0. The van der Waals surface area contributed by atoms with Crippen LogP contribution in [-0.2, 0) is 0 Å². The fraction of sp³-hybridized carbons (Fsp3) is 0.125. The molecule has 2 aromatic carbocycles. The number of hydrogen-bond acceptors (Lipinski definition) is 2. The van der Waals surface area contributed by atoms with E-state index in [9.17, 15) is 13.2 Å². The van der Waals surface area contributed by atoms with Crippen LogP contribution in [0.2, 0.25) is 0 Å². The molecule has 1 atom stereocenters. The molecule has 1 N–H and O–H groups in total. The van der Waals surface area contributed by atoms with E-state index in [0.717, 1.165) is 21.0 Å². The van der Waals surface area contributed by atoms with Crippen LogP contribution in [0.1, 0.15) is 16.5 Å². The van der Waals surface area contributed by atoms with Crippen molar-refractivity contribution < 1.29 is 13.2 Å². The van der Waals surface area contributed by atoms with E-state index in [1.54, 1.807) is 13.1 Å². The summed E-state index contributed by atoms with van der Waals surface area (Å²) in [5.41, 5.74) is 0.367. The number of fused-ring (bicyclic) bond motifs is 1. The van der Waals surface area contributed by atoms with Gasteiger partial charge in [-0.3, -0.25) is 0 Å². The molecule has 0 aliphatic carbocycles. The minimum Gasteiger partial charge on any atom is -0.309 e. The molecule has 0 bridgehead atoms. The fourth-order valence-corrected chi connectivity index (χ4v) is 3.57. The van der Waals surface area contributed by atoms with Crippen molar-refractivity contribution in [1.82, 2.24) is 5.32 Å². The van der Waals surface area contributed by atoms with Gasteiger partial charge >= 0.3 is 0 Å². The second kappa shape index (κ2) is 5.50. The van der Waals surface area contributed by atoms with E-state index in [2.05, 4.69) is 5.32 Å². The second-order valence-electron chi connectivity index (χ2n) is 4.72. The van der Waals surface area contributed by atoms with Crippen LogP contribution in [0.3, 0.4) is 0 Å². The van der Waals surface area contributed by atoms with Crippen LogP contribution in [0.25, 0.3) is 10.1 Å². The van der Waals surface area contributed by atoms with Crippen molar-refractivity contribution in [1.29, 1.82) is 0 Å². The Labute approximate surface area is 124 Å². The highest BCUT2D eigenvalue weighted by Gasteiger charge is 2.19. The van der Waals surface area contributed by atoms with E-state index in [4.69, 9.17) is 0 Å². The zero-order valence-corrected chi connectivity index (χ0v) is 12.0. The molecule has 1 unspecified atom stereocenters. The molecule has 3 rings (SSSR count). The minimum atomic E-state index is -0.607. The van der Waals surface area contributed by atoms with Gasteiger partial charge in [-0.05, 0) is 36.7 Å². The molecule has 0 fully saturated rings. The summed E-state index contributed by atoms with van der Waals surface area (Å²) in [5, 5.41) is 3.93. The summed E-state index contributed by atoms with van der Waals surface area (Å²) in [6.07, 6.45) is 0. The van der Waals surface area contributed by atoms with Crippen LogP contribution in [0.5, 0.6) is 0 Å². The first-order valence-corrected chi connectivity index (χ1v) is 7.21. The maximum absolute atomic E-state index is 14.0. The third kappa shape index (κ3) is 2.66. The van der Waals surface area contributed by atoms with Gasteiger partial charge in [0, 0.05) is 21.2 Å². The van der Waals surface area contributed by atoms with Gasteiger partial charge in [-0.2, -0.15) is 0 Å². The fourth-order valence-electron chi connectivity index (χ4n) is 2.35. The van der Waals surface area contributed by atoms with E-state index >= 15 is 0 Å². The molecule has 3 aromatic rings. The summed E-state index contributed by atoms with van der Waals surface area (Å²) in [5.74, 6) is -1.51. The number of thiophene rings is 1. The van der Waals surface area contributed by atoms with Crippen molar-refractivity contribution in [3.63, 3.8) is 0 Å². The van der Waals surface area contributed by atoms with E-state index < -0.39 is 17.7 Å². The molecule has 0 spiro atoms. The lowest BCUT2D eigenvalue weighted by Crippen LogP contribution is -2.17. The minimum absolute atomic E-state index is 0.301. The molecule has 0 aliphatic rings. The quantitative estimate of drug-likeness (QED) is 0.744. The van der Waals surface area contributed by atoms with Crippen LogP contribution in [-0.4, -0.2) is 7.05 Å². The van der Waals surface area contributed by atoms with Crippen LogP contribution >= 0.6 is 11.3 Å². The second-order valence-corrected chi connectivity index (χ2v) is 5.83. The molecule has 5 heteroatoms. The molecule has 1 nitrogen and oxygen atoms in total. The highest BCUT2D eigenvalue weighted by Crippen LogP contribution is 2.34. The Hall–Kier alpha value is -1.85. The summed E-state index contributed by atoms with van der Waals surface area (Å²) in [7, 11) is 1.71. The predicted octanol–water partition coefficient (Wildman–Crippen LogP) is 4.63. The number of hydrogen-bond donors (Lipinski definition) is 1. The molecule has 0 saturated heterocycles. The Morgan fingerprint density at radius 1 is 0.952 bits per heavy atom. The number of rotatable bonds is 3. The van der Waals surface area contributed by atoms with Crippen molar-refractivity contribution in [2.45, 2.75) is 6.04 Å². The van der Waals surface area contributed by atoms with Gasteiger partial charge in [0.15, 0.2) is 0 Å². The molecular formula is C16H12F3NS. The Bertz CT molecular complexity index is 797. The smallest absolute Gasteiger partial charge is 0.131 e. The number of halogens is 3. The average Bonchev–Trinajstić information content (AvgIpc) is 2.84. The van der Waals surface area contributed by atoms with Crippen molar-refractivity contribution in [2.24, 2.45) is 0 Å². The molecular weight excluding hydrogens is 295 g/mol. The molecule has 108 valence electrons. The maximum atomic E-state index is 14.0. The Kier molecular flexibility index (Phi) is 3.69. The van der Waals surface area contributed by atoms with Crippen LogP contribution < -0.4 is 5.32 Å². The molecule has 1 heterocycles. The molecule has 0 amide bonds. The maximum Gasteiger partial charge on any atom is 0.131 e. The third-order valence-corrected chi connectivity index (χ3v) is 4.51. The zero-order chi connectivity index (χ0) is 15.0. The molecule has 21 heavy (non-hydrogen) atoms. The SMILES string of the molecule is CNC(c1cc2ccc(F)cc2s1)c1ccc(F)cc1F. The van der Waals surface area contributed by atoms with E-state index in [1.165, 1.54) is 35.6 Å². The first-order chi connectivity index (χ1) is 10.1. The average molecular weight is 307 g/mol. The summed E-state index contributed by atoms with van der Waals surface area (Å²) >= 11 is 1.39. The van der Waals surface area contributed by atoms with Crippen molar-refractivity contribution >= 4 is 21.4 Å². The topological polar surface area (TPSA) is 12.0 Å². The van der Waals surface area contributed by atoms with Crippen molar-refractivity contribution in [2.75, 3.05) is 7.05 Å². The van der Waals surface area contributed by atoms with E-state index in [-0.39, 0.29) is 5.82 Å². The Morgan fingerprint density at radius 2 is 1.67 bits per heavy atom. The van der Waals surface area contributed by atoms with Gasteiger partial charge in [0.1, 0.15) is 17.5 Å². The number of benzene rings is 2. The van der Waals surface area contributed by atoms with E-state index in [1.807, 2.05) is 6.07 Å². The zero-order valence-electron chi connectivity index (χ0n) is 11.2. The largest absolute Gasteiger partial charge is 0.309 e.